The number of esters is 1. The minimum Gasteiger partial charge on any atom is -0.485 e. The van der Waals surface area contributed by atoms with Crippen LogP contribution < -0.4 is 10.1 Å². The zero-order valence-corrected chi connectivity index (χ0v) is 16.5. The minimum atomic E-state index is -0.774. The summed E-state index contributed by atoms with van der Waals surface area (Å²) in [5, 5.41) is 3.04. The number of ether oxygens (including phenoxy) is 3. The van der Waals surface area contributed by atoms with E-state index in [1.165, 1.54) is 13.2 Å². The van der Waals surface area contributed by atoms with Crippen molar-refractivity contribution in [3.63, 3.8) is 0 Å². The molecule has 5 atom stereocenters. The van der Waals surface area contributed by atoms with Gasteiger partial charge in [0, 0.05) is 29.0 Å². The quantitative estimate of drug-likeness (QED) is 0.766. The van der Waals surface area contributed by atoms with Crippen LogP contribution in [0.25, 0.3) is 0 Å². The van der Waals surface area contributed by atoms with E-state index in [0.29, 0.717) is 36.2 Å². The van der Waals surface area contributed by atoms with Crippen LogP contribution in [0.15, 0.2) is 42.5 Å². The number of benzene rings is 2. The third-order valence-electron chi connectivity index (χ3n) is 6.32. The average Bonchev–Trinajstić information content (AvgIpc) is 3.14. The molecule has 1 aliphatic carbocycles. The molecule has 2 aromatic rings. The molecule has 0 bridgehead atoms. The number of hydrogen-bond donors (Lipinski definition) is 1. The summed E-state index contributed by atoms with van der Waals surface area (Å²) in [5.41, 5.74) is 1.96. The van der Waals surface area contributed by atoms with Crippen LogP contribution >= 0.6 is 0 Å². The fourth-order valence-electron chi connectivity index (χ4n) is 4.69. The van der Waals surface area contributed by atoms with E-state index in [1.807, 2.05) is 30.3 Å². The van der Waals surface area contributed by atoms with Crippen molar-refractivity contribution in [2.75, 3.05) is 27.0 Å². The fourth-order valence-corrected chi connectivity index (χ4v) is 4.69. The van der Waals surface area contributed by atoms with Crippen molar-refractivity contribution in [2.24, 2.45) is 11.8 Å². The van der Waals surface area contributed by atoms with Crippen molar-refractivity contribution in [3.05, 3.63) is 64.7 Å². The smallest absolute Gasteiger partial charge is 0.341 e. The molecule has 1 saturated heterocycles. The summed E-state index contributed by atoms with van der Waals surface area (Å²) >= 11 is 0. The van der Waals surface area contributed by atoms with Crippen LogP contribution in [0.1, 0.15) is 37.8 Å². The number of hydrogen-bond acceptors (Lipinski definition) is 5. The molecule has 1 amide bonds. The van der Waals surface area contributed by atoms with E-state index in [2.05, 4.69) is 5.32 Å². The topological polar surface area (TPSA) is 73.9 Å². The third-order valence-corrected chi connectivity index (χ3v) is 6.32. The van der Waals surface area contributed by atoms with Gasteiger partial charge >= 0.3 is 5.97 Å². The predicted molar refractivity (Wildman–Crippen MR) is 106 cm³/mol. The monoisotopic (exact) mass is 411 g/mol. The van der Waals surface area contributed by atoms with Gasteiger partial charge in [0.15, 0.2) is 0 Å². The van der Waals surface area contributed by atoms with Crippen molar-refractivity contribution < 1.29 is 28.2 Å². The van der Waals surface area contributed by atoms with E-state index in [1.54, 1.807) is 6.07 Å². The van der Waals surface area contributed by atoms with Crippen LogP contribution in [0.3, 0.4) is 0 Å². The Morgan fingerprint density at radius 1 is 1.17 bits per heavy atom. The first-order chi connectivity index (χ1) is 14.6. The van der Waals surface area contributed by atoms with Crippen LogP contribution in [0.2, 0.25) is 0 Å². The maximum Gasteiger partial charge on any atom is 0.341 e. The van der Waals surface area contributed by atoms with Crippen molar-refractivity contribution in [2.45, 2.75) is 18.1 Å². The number of alkyl halides is 1. The predicted octanol–water partition coefficient (Wildman–Crippen LogP) is 2.71. The molecule has 1 saturated carbocycles. The van der Waals surface area contributed by atoms with Gasteiger partial charge in [-0.25, -0.2) is 9.18 Å². The lowest BCUT2D eigenvalue weighted by Crippen LogP contribution is -2.30. The summed E-state index contributed by atoms with van der Waals surface area (Å²) in [5.74, 6) is -0.302. The molecule has 2 aliphatic heterocycles. The Hall–Kier alpha value is -2.93. The summed E-state index contributed by atoms with van der Waals surface area (Å²) in [6.45, 7) is 0.604. The third kappa shape index (κ3) is 3.04. The fraction of sp³-hybridized carbons (Fsp3) is 0.391. The van der Waals surface area contributed by atoms with Gasteiger partial charge in [-0.05, 0) is 17.7 Å². The number of fused-ring (bicyclic) bond motifs is 2. The van der Waals surface area contributed by atoms with Gasteiger partial charge in [0.05, 0.1) is 26.2 Å². The van der Waals surface area contributed by atoms with Crippen LogP contribution in [-0.2, 0) is 9.47 Å². The van der Waals surface area contributed by atoms with Crippen LogP contribution in [0.4, 0.5) is 4.39 Å². The van der Waals surface area contributed by atoms with Gasteiger partial charge in [0.2, 0.25) is 0 Å². The van der Waals surface area contributed by atoms with E-state index in [4.69, 9.17) is 14.2 Å². The van der Waals surface area contributed by atoms with Crippen molar-refractivity contribution in [1.29, 1.82) is 0 Å². The van der Waals surface area contributed by atoms with Crippen LogP contribution in [0.5, 0.6) is 5.75 Å². The van der Waals surface area contributed by atoms with Crippen molar-refractivity contribution >= 4 is 11.9 Å². The highest BCUT2D eigenvalue weighted by atomic mass is 19.1. The van der Waals surface area contributed by atoms with Gasteiger partial charge < -0.3 is 19.5 Å². The molecule has 156 valence electrons. The summed E-state index contributed by atoms with van der Waals surface area (Å²) in [6, 6.07) is 12.7. The molecule has 7 heteroatoms. The van der Waals surface area contributed by atoms with Gasteiger partial charge in [0.1, 0.15) is 24.1 Å². The van der Waals surface area contributed by atoms with Crippen LogP contribution in [0, 0.1) is 11.8 Å². The Labute approximate surface area is 173 Å². The van der Waals surface area contributed by atoms with E-state index >= 15 is 0 Å². The largest absolute Gasteiger partial charge is 0.485 e. The van der Waals surface area contributed by atoms with Crippen molar-refractivity contribution in [3.8, 4) is 5.75 Å². The summed E-state index contributed by atoms with van der Waals surface area (Å²) in [6.07, 6.45) is -0.774. The molecule has 2 aromatic carbocycles. The molecule has 2 fully saturated rings. The molecule has 1 N–H and O–H groups in total. The minimum absolute atomic E-state index is 0.0980. The Morgan fingerprint density at radius 3 is 2.57 bits per heavy atom. The highest BCUT2D eigenvalue weighted by molar-refractivity contribution is 6.00. The summed E-state index contributed by atoms with van der Waals surface area (Å²) < 4.78 is 30.0. The van der Waals surface area contributed by atoms with E-state index in [0.717, 1.165) is 5.56 Å². The van der Waals surface area contributed by atoms with Gasteiger partial charge in [-0.15, -0.1) is 0 Å². The number of rotatable bonds is 5. The van der Waals surface area contributed by atoms with E-state index < -0.39 is 24.7 Å². The Morgan fingerprint density at radius 2 is 1.90 bits per heavy atom. The highest BCUT2D eigenvalue weighted by Crippen LogP contribution is 2.46. The summed E-state index contributed by atoms with van der Waals surface area (Å²) in [7, 11) is 1.27. The maximum absolute atomic E-state index is 13.9. The van der Waals surface area contributed by atoms with Gasteiger partial charge in [-0.1, -0.05) is 30.3 Å². The second kappa shape index (κ2) is 7.40. The average molecular weight is 411 g/mol. The lowest BCUT2D eigenvalue weighted by atomic mass is 9.86. The van der Waals surface area contributed by atoms with Crippen LogP contribution in [-0.4, -0.2) is 51.0 Å². The number of carbonyl (C=O) groups is 2. The van der Waals surface area contributed by atoms with E-state index in [9.17, 15) is 14.0 Å². The molecule has 0 aromatic heterocycles. The maximum atomic E-state index is 13.9. The molecule has 6 nitrogen and oxygen atoms in total. The first kappa shape index (κ1) is 19.1. The molecule has 30 heavy (non-hydrogen) atoms. The molecule has 5 rings (SSSR count). The van der Waals surface area contributed by atoms with Crippen molar-refractivity contribution in [1.82, 2.24) is 5.32 Å². The highest BCUT2D eigenvalue weighted by Gasteiger charge is 2.54. The van der Waals surface area contributed by atoms with Gasteiger partial charge in [-0.2, -0.15) is 0 Å². The van der Waals surface area contributed by atoms with Gasteiger partial charge in [0.25, 0.3) is 5.91 Å². The lowest BCUT2D eigenvalue weighted by molar-refractivity contribution is 0.0593. The molecule has 2 heterocycles. The second-order valence-corrected chi connectivity index (χ2v) is 8.00. The summed E-state index contributed by atoms with van der Waals surface area (Å²) in [4.78, 5) is 25.4. The molecular formula is C23H22FNO5. The molecule has 0 radical (unpaired) electrons. The van der Waals surface area contributed by atoms with E-state index in [-0.39, 0.29) is 23.3 Å². The molecular weight excluding hydrogens is 389 g/mol. The number of carbonyl (C=O) groups excluding carboxylic acids is 2. The second-order valence-electron chi connectivity index (χ2n) is 8.00. The Bertz CT molecular complexity index is 985. The molecule has 0 spiro atoms. The molecule has 0 unspecified atom stereocenters. The number of halogens is 1. The lowest BCUT2D eigenvalue weighted by Gasteiger charge is -2.16. The Kier molecular flexibility index (Phi) is 4.70. The Balaban J connectivity index is 1.54. The standard InChI is InChI=1S/C23H22FNO5/c1-28-23(27)15-8-13(22(26)25-20-16-10-29-11-17(16)20)7-14-19(12-5-3-2-4-6-12)18(9-24)30-21(14)15/h2-8,16-20H,9-11H2,1H3,(H,25,26)/t16-,17+,18-,19+,20+/m1/s1. The SMILES string of the molecule is COC(=O)c1cc(C(=O)N[C@H]2[C@@H]3COC[C@@H]32)cc2c1O[C@H](CF)[C@H]2c1ccccc1. The normalized spacial score (nSPS) is 28.3. The first-order valence-electron chi connectivity index (χ1n) is 10.0. The molecule has 3 aliphatic rings. The first-order valence-corrected chi connectivity index (χ1v) is 10.0. The number of amides is 1. The number of nitrogens with one attached hydrogen (secondary N) is 1. The zero-order valence-electron chi connectivity index (χ0n) is 16.5. The zero-order chi connectivity index (χ0) is 20.8. The van der Waals surface area contributed by atoms with Gasteiger partial charge in [-0.3, -0.25) is 4.79 Å². The number of methoxy groups -OCH3 is 1.